The maximum absolute atomic E-state index is 11.9. The Labute approximate surface area is 112 Å². The number of hydrazine groups is 1. The van der Waals surface area contributed by atoms with Crippen molar-refractivity contribution in [1.82, 2.24) is 15.3 Å². The van der Waals surface area contributed by atoms with Crippen LogP contribution in [-0.2, 0) is 0 Å². The molecule has 1 aliphatic rings. The second-order valence-corrected chi connectivity index (χ2v) is 4.99. The van der Waals surface area contributed by atoms with Gasteiger partial charge in [-0.2, -0.15) is 0 Å². The fourth-order valence-corrected chi connectivity index (χ4v) is 2.01. The third kappa shape index (κ3) is 3.78. The molecule has 0 saturated carbocycles. The van der Waals surface area contributed by atoms with E-state index < -0.39 is 0 Å². The van der Waals surface area contributed by atoms with E-state index in [4.69, 9.17) is 11.6 Å². The lowest BCUT2D eigenvalue weighted by atomic mass is 10.1. The van der Waals surface area contributed by atoms with E-state index in [1.165, 1.54) is 0 Å². The second kappa shape index (κ2) is 6.29. The van der Waals surface area contributed by atoms with Gasteiger partial charge in [-0.05, 0) is 31.3 Å². The van der Waals surface area contributed by atoms with Gasteiger partial charge in [0.25, 0.3) is 0 Å². The minimum atomic E-state index is 0.0885. The lowest BCUT2D eigenvalue weighted by Crippen LogP contribution is -2.51. The molecular formula is C13H18ClN3O. The molecule has 1 N–H and O–H groups in total. The SMILES string of the molecule is CN1CCN(NCC(=O)c2ccc(Cl)cc2)CC1. The van der Waals surface area contributed by atoms with Crippen LogP contribution in [0.5, 0.6) is 0 Å². The molecule has 98 valence electrons. The molecule has 1 aromatic rings. The van der Waals surface area contributed by atoms with E-state index in [0.717, 1.165) is 26.2 Å². The molecular weight excluding hydrogens is 250 g/mol. The summed E-state index contributed by atoms with van der Waals surface area (Å²) in [5.74, 6) is 0.0885. The maximum atomic E-state index is 11.9. The summed E-state index contributed by atoms with van der Waals surface area (Å²) in [4.78, 5) is 14.2. The van der Waals surface area contributed by atoms with Gasteiger partial charge in [0.05, 0.1) is 6.54 Å². The van der Waals surface area contributed by atoms with Crippen molar-refractivity contribution in [3.63, 3.8) is 0 Å². The molecule has 1 saturated heterocycles. The van der Waals surface area contributed by atoms with E-state index in [0.29, 0.717) is 17.1 Å². The molecule has 18 heavy (non-hydrogen) atoms. The third-order valence-electron chi connectivity index (χ3n) is 3.13. The van der Waals surface area contributed by atoms with Crippen LogP contribution in [0.1, 0.15) is 10.4 Å². The molecule has 1 aromatic carbocycles. The molecule has 1 heterocycles. The Bertz CT molecular complexity index is 399. The van der Waals surface area contributed by atoms with Gasteiger partial charge in [0.2, 0.25) is 0 Å². The van der Waals surface area contributed by atoms with Gasteiger partial charge < -0.3 is 4.90 Å². The number of likely N-dealkylation sites (N-methyl/N-ethyl adjacent to an activating group) is 1. The van der Waals surface area contributed by atoms with Crippen LogP contribution in [0.15, 0.2) is 24.3 Å². The van der Waals surface area contributed by atoms with Crippen molar-refractivity contribution in [1.29, 1.82) is 0 Å². The molecule has 1 fully saturated rings. The molecule has 0 bridgehead atoms. The lowest BCUT2D eigenvalue weighted by molar-refractivity contribution is 0.0838. The summed E-state index contributed by atoms with van der Waals surface area (Å²) < 4.78 is 0. The largest absolute Gasteiger partial charge is 0.304 e. The molecule has 5 heteroatoms. The van der Waals surface area contributed by atoms with Crippen LogP contribution >= 0.6 is 11.6 Å². The average Bonchev–Trinajstić information content (AvgIpc) is 2.38. The molecule has 0 unspecified atom stereocenters. The van der Waals surface area contributed by atoms with E-state index in [2.05, 4.69) is 22.4 Å². The number of Topliss-reactive ketones (excluding diaryl/α,β-unsaturated/α-hetero) is 1. The number of nitrogens with zero attached hydrogens (tertiary/aromatic N) is 2. The molecule has 0 aliphatic carbocycles. The second-order valence-electron chi connectivity index (χ2n) is 4.56. The van der Waals surface area contributed by atoms with Crippen molar-refractivity contribution < 1.29 is 4.79 Å². The molecule has 0 spiro atoms. The number of carbonyl (C=O) groups excluding carboxylic acids is 1. The fourth-order valence-electron chi connectivity index (χ4n) is 1.89. The van der Waals surface area contributed by atoms with Gasteiger partial charge in [-0.25, -0.2) is 10.4 Å². The van der Waals surface area contributed by atoms with Gasteiger partial charge in [0.15, 0.2) is 5.78 Å². The Morgan fingerprint density at radius 1 is 1.22 bits per heavy atom. The summed E-state index contributed by atoms with van der Waals surface area (Å²) >= 11 is 5.79. The minimum absolute atomic E-state index is 0.0885. The topological polar surface area (TPSA) is 35.6 Å². The Morgan fingerprint density at radius 3 is 2.44 bits per heavy atom. The van der Waals surface area contributed by atoms with Crippen LogP contribution in [0.25, 0.3) is 0 Å². The van der Waals surface area contributed by atoms with Gasteiger partial charge in [-0.15, -0.1) is 0 Å². The summed E-state index contributed by atoms with van der Waals surface area (Å²) in [7, 11) is 2.11. The number of benzene rings is 1. The molecule has 0 amide bonds. The number of rotatable bonds is 4. The zero-order valence-corrected chi connectivity index (χ0v) is 11.3. The monoisotopic (exact) mass is 267 g/mol. The number of nitrogens with one attached hydrogen (secondary N) is 1. The predicted octanol–water partition coefficient (Wildman–Crippen LogP) is 1.27. The van der Waals surface area contributed by atoms with Crippen LogP contribution < -0.4 is 5.43 Å². The summed E-state index contributed by atoms with van der Waals surface area (Å²) in [6.45, 7) is 4.30. The molecule has 0 radical (unpaired) electrons. The molecule has 0 aromatic heterocycles. The highest BCUT2D eigenvalue weighted by atomic mass is 35.5. The first-order valence-electron chi connectivity index (χ1n) is 6.11. The summed E-state index contributed by atoms with van der Waals surface area (Å²) in [5, 5.41) is 2.76. The zero-order chi connectivity index (χ0) is 13.0. The standard InChI is InChI=1S/C13H18ClN3O/c1-16-6-8-17(9-7-16)15-10-13(18)11-2-4-12(14)5-3-11/h2-5,15H,6-10H2,1H3. The third-order valence-corrected chi connectivity index (χ3v) is 3.38. The van der Waals surface area contributed by atoms with Crippen molar-refractivity contribution in [3.8, 4) is 0 Å². The first-order chi connectivity index (χ1) is 8.65. The summed E-state index contributed by atoms with van der Waals surface area (Å²) in [6, 6.07) is 7.00. The van der Waals surface area contributed by atoms with Crippen molar-refractivity contribution >= 4 is 17.4 Å². The van der Waals surface area contributed by atoms with E-state index in [9.17, 15) is 4.79 Å². The quantitative estimate of drug-likeness (QED) is 0.834. The van der Waals surface area contributed by atoms with Gasteiger partial charge in [0, 0.05) is 36.8 Å². The fraction of sp³-hybridized carbons (Fsp3) is 0.462. The number of piperazine rings is 1. The molecule has 1 aliphatic heterocycles. The van der Waals surface area contributed by atoms with Gasteiger partial charge >= 0.3 is 0 Å². The van der Waals surface area contributed by atoms with E-state index in [1.807, 2.05) is 0 Å². The maximum Gasteiger partial charge on any atom is 0.178 e. The minimum Gasteiger partial charge on any atom is -0.304 e. The number of hydrogen-bond acceptors (Lipinski definition) is 4. The molecule has 0 atom stereocenters. The first-order valence-corrected chi connectivity index (χ1v) is 6.49. The number of hydrogen-bond donors (Lipinski definition) is 1. The number of ketones is 1. The van der Waals surface area contributed by atoms with Crippen LogP contribution in [0, 0.1) is 0 Å². The van der Waals surface area contributed by atoms with Gasteiger partial charge in [-0.3, -0.25) is 4.79 Å². The molecule has 2 rings (SSSR count). The number of halogens is 1. The van der Waals surface area contributed by atoms with Crippen LogP contribution in [-0.4, -0.2) is 55.5 Å². The Morgan fingerprint density at radius 2 is 1.83 bits per heavy atom. The Kier molecular flexibility index (Phi) is 4.72. The van der Waals surface area contributed by atoms with E-state index in [-0.39, 0.29) is 5.78 Å². The van der Waals surface area contributed by atoms with Crippen LogP contribution in [0.2, 0.25) is 5.02 Å². The van der Waals surface area contributed by atoms with Crippen molar-refractivity contribution in [2.45, 2.75) is 0 Å². The van der Waals surface area contributed by atoms with E-state index >= 15 is 0 Å². The Hall–Kier alpha value is -0.940. The first kappa shape index (κ1) is 13.5. The lowest BCUT2D eigenvalue weighted by Gasteiger charge is -2.32. The van der Waals surface area contributed by atoms with Crippen molar-refractivity contribution in [2.24, 2.45) is 0 Å². The van der Waals surface area contributed by atoms with Crippen molar-refractivity contribution in [3.05, 3.63) is 34.9 Å². The number of carbonyl (C=O) groups is 1. The van der Waals surface area contributed by atoms with Crippen LogP contribution in [0.3, 0.4) is 0 Å². The summed E-state index contributed by atoms with van der Waals surface area (Å²) in [6.07, 6.45) is 0. The summed E-state index contributed by atoms with van der Waals surface area (Å²) in [5.41, 5.74) is 3.87. The normalized spacial score (nSPS) is 17.9. The smallest absolute Gasteiger partial charge is 0.178 e. The average molecular weight is 268 g/mol. The van der Waals surface area contributed by atoms with Crippen molar-refractivity contribution in [2.75, 3.05) is 39.8 Å². The molecule has 4 nitrogen and oxygen atoms in total. The van der Waals surface area contributed by atoms with Gasteiger partial charge in [0.1, 0.15) is 0 Å². The van der Waals surface area contributed by atoms with E-state index in [1.54, 1.807) is 24.3 Å². The highest BCUT2D eigenvalue weighted by Gasteiger charge is 2.14. The Balaban J connectivity index is 1.79. The predicted molar refractivity (Wildman–Crippen MR) is 72.9 cm³/mol. The highest BCUT2D eigenvalue weighted by Crippen LogP contribution is 2.09. The highest BCUT2D eigenvalue weighted by molar-refractivity contribution is 6.30. The van der Waals surface area contributed by atoms with Crippen LogP contribution in [0.4, 0.5) is 0 Å². The van der Waals surface area contributed by atoms with Gasteiger partial charge in [-0.1, -0.05) is 11.6 Å². The zero-order valence-electron chi connectivity index (χ0n) is 10.5.